The number of fused-ring (bicyclic) bond motifs is 2. The number of hydrogen-bond acceptors (Lipinski definition) is 1. The molecule has 2 rings (SSSR count). The first-order valence-corrected chi connectivity index (χ1v) is 4.64. The van der Waals surface area contributed by atoms with Crippen molar-refractivity contribution in [3.63, 3.8) is 0 Å². The summed E-state index contributed by atoms with van der Waals surface area (Å²) in [7, 11) is 0. The summed E-state index contributed by atoms with van der Waals surface area (Å²) in [4.78, 5) is 0. The Morgan fingerprint density at radius 1 is 1.25 bits per heavy atom. The van der Waals surface area contributed by atoms with Crippen LogP contribution in [0.2, 0.25) is 0 Å². The fraction of sp³-hybridized carbons (Fsp3) is 1.00. The van der Waals surface area contributed by atoms with Crippen LogP contribution in [-0.2, 0) is 0 Å². The van der Waals surface area contributed by atoms with Crippen LogP contribution in [0.4, 0.5) is 0 Å². The molecule has 0 saturated heterocycles. The summed E-state index contributed by atoms with van der Waals surface area (Å²) >= 11 is 0. The van der Waals surface area contributed by atoms with Crippen molar-refractivity contribution >= 4 is 0 Å². The van der Waals surface area contributed by atoms with E-state index < -0.39 is 0 Å². The fourth-order valence-corrected chi connectivity index (χ4v) is 3.13. The van der Waals surface area contributed by atoms with E-state index in [1.54, 1.807) is 0 Å². The van der Waals surface area contributed by atoms with Crippen LogP contribution in [0.15, 0.2) is 0 Å². The molecule has 2 bridgehead atoms. The van der Waals surface area contributed by atoms with E-state index >= 15 is 0 Å². The minimum Gasteiger partial charge on any atom is -0.852 e. The van der Waals surface area contributed by atoms with E-state index in [9.17, 15) is 5.11 Å². The van der Waals surface area contributed by atoms with E-state index in [1.807, 2.05) is 0 Å². The van der Waals surface area contributed by atoms with Crippen LogP contribution < -0.4 is 34.7 Å². The van der Waals surface area contributed by atoms with Crippen molar-refractivity contribution in [3.8, 4) is 0 Å². The van der Waals surface area contributed by atoms with Gasteiger partial charge in [0.05, 0.1) is 0 Å². The molecule has 0 N–H and O–H groups in total. The molecule has 3 unspecified atom stereocenters. The van der Waals surface area contributed by atoms with Gasteiger partial charge in [0.1, 0.15) is 0 Å². The Morgan fingerprint density at radius 3 is 2.00 bits per heavy atom. The maximum atomic E-state index is 11.7. The zero-order valence-corrected chi connectivity index (χ0v) is 10.7. The number of hydrogen-bond donors (Lipinski definition) is 0. The largest absolute Gasteiger partial charge is 1.00 e. The molecule has 2 heteroatoms. The molecule has 0 heterocycles. The van der Waals surface area contributed by atoms with Crippen molar-refractivity contribution in [3.05, 3.63) is 0 Å². The van der Waals surface area contributed by atoms with Crippen molar-refractivity contribution in [2.75, 3.05) is 0 Å². The molecule has 0 aromatic carbocycles. The summed E-state index contributed by atoms with van der Waals surface area (Å²) < 4.78 is 0. The molecule has 2 aliphatic rings. The van der Waals surface area contributed by atoms with Gasteiger partial charge in [0, 0.05) is 0 Å². The molecular weight excluding hydrogens is 159 g/mol. The van der Waals surface area contributed by atoms with Gasteiger partial charge >= 0.3 is 29.6 Å². The van der Waals surface area contributed by atoms with Crippen molar-refractivity contribution in [2.24, 2.45) is 16.7 Å². The third-order valence-corrected chi connectivity index (χ3v) is 4.71. The van der Waals surface area contributed by atoms with Crippen LogP contribution in [0, 0.1) is 16.7 Å². The molecule has 0 aliphatic heterocycles. The smallest absolute Gasteiger partial charge is 0.852 e. The molecule has 3 atom stereocenters. The van der Waals surface area contributed by atoms with Crippen molar-refractivity contribution < 1.29 is 34.7 Å². The zero-order valence-electron chi connectivity index (χ0n) is 8.68. The Hall–Kier alpha value is 0.960. The topological polar surface area (TPSA) is 23.1 Å². The Labute approximate surface area is 97.2 Å². The van der Waals surface area contributed by atoms with Crippen LogP contribution in [-0.4, -0.2) is 6.10 Å². The SMILES string of the molecule is CC1(C)C2CCC1(C)C([O-])C2.[Na+]. The second-order valence-electron chi connectivity index (χ2n) is 5.10. The molecule has 2 saturated carbocycles. The van der Waals surface area contributed by atoms with Gasteiger partial charge in [-0.1, -0.05) is 27.2 Å². The average molecular weight is 176 g/mol. The second-order valence-corrected chi connectivity index (χ2v) is 5.10. The van der Waals surface area contributed by atoms with E-state index in [-0.39, 0.29) is 41.1 Å². The minimum absolute atomic E-state index is 0. The molecule has 0 aromatic heterocycles. The van der Waals surface area contributed by atoms with E-state index in [2.05, 4.69) is 20.8 Å². The van der Waals surface area contributed by atoms with Gasteiger partial charge in [-0.3, -0.25) is 0 Å². The summed E-state index contributed by atoms with van der Waals surface area (Å²) in [6, 6.07) is 0. The maximum Gasteiger partial charge on any atom is 1.00 e. The van der Waals surface area contributed by atoms with Crippen molar-refractivity contribution in [1.82, 2.24) is 0 Å². The summed E-state index contributed by atoms with van der Waals surface area (Å²) in [6.45, 7) is 6.75. The molecular formula is C10H17NaO. The molecule has 2 fully saturated rings. The van der Waals surface area contributed by atoms with Crippen LogP contribution >= 0.6 is 0 Å². The summed E-state index contributed by atoms with van der Waals surface area (Å²) in [5, 5.41) is 11.7. The van der Waals surface area contributed by atoms with Gasteiger partial charge in [0.15, 0.2) is 0 Å². The van der Waals surface area contributed by atoms with Gasteiger partial charge in [-0.15, -0.1) is 6.10 Å². The van der Waals surface area contributed by atoms with Crippen LogP contribution in [0.5, 0.6) is 0 Å². The standard InChI is InChI=1S/C10H17O.Na/c1-9(2)7-4-5-10(9,3)8(11)6-7;/h7-8H,4-6H2,1-3H3;/q-1;+1. The van der Waals surface area contributed by atoms with Crippen molar-refractivity contribution in [2.45, 2.75) is 46.1 Å². The third-order valence-electron chi connectivity index (χ3n) is 4.71. The monoisotopic (exact) mass is 176 g/mol. The second kappa shape index (κ2) is 2.98. The van der Waals surface area contributed by atoms with Crippen LogP contribution in [0.25, 0.3) is 0 Å². The average Bonchev–Trinajstić information content (AvgIpc) is 2.20. The van der Waals surface area contributed by atoms with E-state index in [0.717, 1.165) is 12.3 Å². The van der Waals surface area contributed by atoms with Gasteiger partial charge < -0.3 is 5.11 Å². The van der Waals surface area contributed by atoms with Crippen molar-refractivity contribution in [1.29, 1.82) is 0 Å². The number of rotatable bonds is 0. The third kappa shape index (κ3) is 1.06. The van der Waals surface area contributed by atoms with E-state index in [0.29, 0.717) is 5.41 Å². The van der Waals surface area contributed by atoms with Gasteiger partial charge in [-0.25, -0.2) is 0 Å². The van der Waals surface area contributed by atoms with E-state index in [4.69, 9.17) is 0 Å². The molecule has 0 radical (unpaired) electrons. The Balaban J connectivity index is 0.000000720. The van der Waals surface area contributed by atoms with Gasteiger partial charge in [0.2, 0.25) is 0 Å². The van der Waals surface area contributed by atoms with Gasteiger partial charge in [-0.05, 0) is 29.6 Å². The molecule has 0 amide bonds. The normalized spacial score (nSPS) is 49.0. The van der Waals surface area contributed by atoms with Crippen LogP contribution in [0.3, 0.4) is 0 Å². The molecule has 0 spiro atoms. The molecule has 64 valence electrons. The minimum atomic E-state index is -0.281. The maximum absolute atomic E-state index is 11.7. The Bertz CT molecular complexity index is 190. The molecule has 2 aliphatic carbocycles. The van der Waals surface area contributed by atoms with Gasteiger partial charge in [0.25, 0.3) is 0 Å². The fourth-order valence-electron chi connectivity index (χ4n) is 3.13. The first-order valence-electron chi connectivity index (χ1n) is 4.64. The summed E-state index contributed by atoms with van der Waals surface area (Å²) in [5.41, 5.74) is 0.428. The Kier molecular flexibility index (Phi) is 2.74. The molecule has 1 nitrogen and oxygen atoms in total. The first-order chi connectivity index (χ1) is 4.98. The molecule has 0 aromatic rings. The predicted molar refractivity (Wildman–Crippen MR) is 43.0 cm³/mol. The quantitative estimate of drug-likeness (QED) is 0.415. The van der Waals surface area contributed by atoms with E-state index in [1.165, 1.54) is 12.8 Å². The van der Waals surface area contributed by atoms with Crippen LogP contribution in [0.1, 0.15) is 40.0 Å². The van der Waals surface area contributed by atoms with Gasteiger partial charge in [-0.2, -0.15) is 0 Å². The summed E-state index contributed by atoms with van der Waals surface area (Å²) in [5.74, 6) is 0.718. The summed E-state index contributed by atoms with van der Waals surface area (Å²) in [6.07, 6.45) is 3.11. The Morgan fingerprint density at radius 2 is 1.83 bits per heavy atom. The molecule has 12 heavy (non-hydrogen) atoms. The first kappa shape index (κ1) is 11.0. The zero-order chi connectivity index (χ0) is 8.28. The predicted octanol–water partition coefficient (Wildman–Crippen LogP) is -1.43.